The lowest BCUT2D eigenvalue weighted by atomic mass is 9.86. The molecule has 1 aromatic rings. The Morgan fingerprint density at radius 3 is 2.24 bits per heavy atom. The van der Waals surface area contributed by atoms with Crippen molar-refractivity contribution in [3.63, 3.8) is 0 Å². The molecule has 0 radical (unpaired) electrons. The largest absolute Gasteiger partial charge is 0.375 e. The molecule has 1 N–H and O–H groups in total. The highest BCUT2D eigenvalue weighted by atomic mass is 19.3. The number of halogens is 2. The molecule has 0 spiro atoms. The van der Waals surface area contributed by atoms with Crippen molar-refractivity contribution in [2.75, 3.05) is 20.3 Å². The van der Waals surface area contributed by atoms with Gasteiger partial charge < -0.3 is 10.1 Å². The normalized spacial score (nSPS) is 13.7. The maximum absolute atomic E-state index is 12.0. The third kappa shape index (κ3) is 7.00. The number of nitrogens with one attached hydrogen (secondary N) is 1. The number of hydrogen-bond acceptors (Lipinski definition) is 2. The molecule has 21 heavy (non-hydrogen) atoms. The predicted octanol–water partition coefficient (Wildman–Crippen LogP) is 3.79. The molecule has 120 valence electrons. The summed E-state index contributed by atoms with van der Waals surface area (Å²) in [4.78, 5) is 0. The molecule has 0 saturated heterocycles. The standard InChI is InChI=1S/C17H27F2NO/c1-17(2,3)14-7-5-13(6-8-14)11-15(20-4)9-10-21-12-16(18)19/h5-8,15-16,20H,9-12H2,1-4H3. The molecule has 0 aliphatic heterocycles. The second-order valence-electron chi connectivity index (χ2n) is 6.39. The maximum atomic E-state index is 12.0. The first-order valence-corrected chi connectivity index (χ1v) is 7.45. The fraction of sp³-hybridized carbons (Fsp3) is 0.647. The molecule has 1 unspecified atom stereocenters. The van der Waals surface area contributed by atoms with Crippen LogP contribution < -0.4 is 5.32 Å². The molecule has 1 rings (SSSR count). The average Bonchev–Trinajstić information content (AvgIpc) is 2.41. The van der Waals surface area contributed by atoms with Crippen LogP contribution in [-0.2, 0) is 16.6 Å². The molecule has 2 nitrogen and oxygen atoms in total. The zero-order chi connectivity index (χ0) is 15.9. The van der Waals surface area contributed by atoms with Gasteiger partial charge in [0, 0.05) is 12.6 Å². The van der Waals surface area contributed by atoms with Crippen LogP contribution in [0.3, 0.4) is 0 Å². The molecule has 0 heterocycles. The van der Waals surface area contributed by atoms with Gasteiger partial charge in [-0.25, -0.2) is 8.78 Å². The zero-order valence-electron chi connectivity index (χ0n) is 13.5. The molecule has 0 bridgehead atoms. The number of benzene rings is 1. The van der Waals surface area contributed by atoms with Gasteiger partial charge in [0.05, 0.1) is 0 Å². The van der Waals surface area contributed by atoms with Gasteiger partial charge in [-0.2, -0.15) is 0 Å². The van der Waals surface area contributed by atoms with Gasteiger partial charge in [-0.1, -0.05) is 45.0 Å². The monoisotopic (exact) mass is 299 g/mol. The lowest BCUT2D eigenvalue weighted by molar-refractivity contribution is 0.0146. The van der Waals surface area contributed by atoms with Crippen LogP contribution in [0.2, 0.25) is 0 Å². The Balaban J connectivity index is 2.46. The van der Waals surface area contributed by atoms with E-state index < -0.39 is 13.0 Å². The van der Waals surface area contributed by atoms with Crippen molar-refractivity contribution in [3.05, 3.63) is 35.4 Å². The molecule has 0 fully saturated rings. The first-order valence-electron chi connectivity index (χ1n) is 7.45. The third-order valence-corrected chi connectivity index (χ3v) is 3.56. The molecule has 1 atom stereocenters. The summed E-state index contributed by atoms with van der Waals surface area (Å²) in [6.07, 6.45) is -0.786. The highest BCUT2D eigenvalue weighted by molar-refractivity contribution is 5.27. The first kappa shape index (κ1) is 18.1. The average molecular weight is 299 g/mol. The second kappa shape index (κ2) is 8.44. The Bertz CT molecular complexity index is 398. The summed E-state index contributed by atoms with van der Waals surface area (Å²) < 4.78 is 28.9. The number of rotatable bonds is 8. The Kier molecular flexibility index (Phi) is 7.26. The van der Waals surface area contributed by atoms with Gasteiger partial charge in [-0.05, 0) is 36.4 Å². The van der Waals surface area contributed by atoms with Crippen molar-refractivity contribution in [1.82, 2.24) is 5.32 Å². The van der Waals surface area contributed by atoms with Gasteiger partial charge >= 0.3 is 0 Å². The van der Waals surface area contributed by atoms with E-state index in [0.29, 0.717) is 6.61 Å². The van der Waals surface area contributed by atoms with Crippen molar-refractivity contribution < 1.29 is 13.5 Å². The number of alkyl halides is 2. The van der Waals surface area contributed by atoms with Crippen molar-refractivity contribution >= 4 is 0 Å². The molecule has 0 aromatic heterocycles. The third-order valence-electron chi connectivity index (χ3n) is 3.56. The fourth-order valence-electron chi connectivity index (χ4n) is 2.17. The van der Waals surface area contributed by atoms with E-state index in [4.69, 9.17) is 4.74 Å². The molecule has 0 aliphatic rings. The van der Waals surface area contributed by atoms with E-state index in [1.807, 2.05) is 7.05 Å². The molecular formula is C17H27F2NO. The van der Waals surface area contributed by atoms with Crippen molar-refractivity contribution in [3.8, 4) is 0 Å². The Labute approximate surface area is 126 Å². The summed E-state index contributed by atoms with van der Waals surface area (Å²) in [5.41, 5.74) is 2.72. The first-order chi connectivity index (χ1) is 9.82. The molecule has 1 aromatic carbocycles. The van der Waals surface area contributed by atoms with E-state index in [2.05, 4.69) is 50.4 Å². The maximum Gasteiger partial charge on any atom is 0.261 e. The Hall–Kier alpha value is -1.00. The van der Waals surface area contributed by atoms with Crippen molar-refractivity contribution in [2.45, 2.75) is 51.5 Å². The number of hydrogen-bond donors (Lipinski definition) is 1. The van der Waals surface area contributed by atoms with Gasteiger partial charge in [0.1, 0.15) is 6.61 Å². The van der Waals surface area contributed by atoms with Crippen LogP contribution in [0.4, 0.5) is 8.78 Å². The topological polar surface area (TPSA) is 21.3 Å². The van der Waals surface area contributed by atoms with Crippen LogP contribution in [0.5, 0.6) is 0 Å². The minimum atomic E-state index is -2.39. The molecular weight excluding hydrogens is 272 g/mol. The summed E-state index contributed by atoms with van der Waals surface area (Å²) in [5, 5.41) is 3.22. The van der Waals surface area contributed by atoms with E-state index in [9.17, 15) is 8.78 Å². The van der Waals surface area contributed by atoms with Gasteiger partial charge in [-0.15, -0.1) is 0 Å². The van der Waals surface area contributed by atoms with Crippen LogP contribution in [-0.4, -0.2) is 32.7 Å². The van der Waals surface area contributed by atoms with Crippen LogP contribution in [0.25, 0.3) is 0 Å². The Morgan fingerprint density at radius 2 is 1.76 bits per heavy atom. The fourth-order valence-corrected chi connectivity index (χ4v) is 2.17. The minimum absolute atomic E-state index is 0.157. The quantitative estimate of drug-likeness (QED) is 0.738. The summed E-state index contributed by atoms with van der Waals surface area (Å²) in [6, 6.07) is 8.85. The molecule has 0 saturated carbocycles. The van der Waals surface area contributed by atoms with Crippen LogP contribution in [0.15, 0.2) is 24.3 Å². The number of ether oxygens (including phenoxy) is 1. The highest BCUT2D eigenvalue weighted by Crippen LogP contribution is 2.22. The van der Waals surface area contributed by atoms with Crippen LogP contribution in [0.1, 0.15) is 38.3 Å². The van der Waals surface area contributed by atoms with Crippen LogP contribution >= 0.6 is 0 Å². The summed E-state index contributed by atoms with van der Waals surface area (Å²) in [5.74, 6) is 0. The summed E-state index contributed by atoms with van der Waals surface area (Å²) >= 11 is 0. The minimum Gasteiger partial charge on any atom is -0.375 e. The lowest BCUT2D eigenvalue weighted by Crippen LogP contribution is -2.29. The zero-order valence-corrected chi connectivity index (χ0v) is 13.5. The molecule has 0 amide bonds. The van der Waals surface area contributed by atoms with Gasteiger partial charge in [-0.3, -0.25) is 0 Å². The summed E-state index contributed by atoms with van der Waals surface area (Å²) in [6.45, 7) is 6.46. The SMILES string of the molecule is CNC(CCOCC(F)F)Cc1ccc(C(C)(C)C)cc1. The van der Waals surface area contributed by atoms with Gasteiger partial charge in [0.25, 0.3) is 6.43 Å². The van der Waals surface area contributed by atoms with E-state index in [0.717, 1.165) is 12.8 Å². The second-order valence-corrected chi connectivity index (χ2v) is 6.39. The van der Waals surface area contributed by atoms with E-state index >= 15 is 0 Å². The molecule has 4 heteroatoms. The van der Waals surface area contributed by atoms with Crippen molar-refractivity contribution in [1.29, 1.82) is 0 Å². The van der Waals surface area contributed by atoms with Gasteiger partial charge in [0.2, 0.25) is 0 Å². The summed E-state index contributed by atoms with van der Waals surface area (Å²) in [7, 11) is 1.89. The Morgan fingerprint density at radius 1 is 1.14 bits per heavy atom. The van der Waals surface area contributed by atoms with E-state index in [1.54, 1.807) is 0 Å². The highest BCUT2D eigenvalue weighted by Gasteiger charge is 2.14. The number of likely N-dealkylation sites (N-methyl/N-ethyl adjacent to an activating group) is 1. The van der Waals surface area contributed by atoms with E-state index in [1.165, 1.54) is 11.1 Å². The smallest absolute Gasteiger partial charge is 0.261 e. The van der Waals surface area contributed by atoms with E-state index in [-0.39, 0.29) is 11.5 Å². The van der Waals surface area contributed by atoms with Crippen LogP contribution in [0, 0.1) is 0 Å². The van der Waals surface area contributed by atoms with Crippen molar-refractivity contribution in [2.24, 2.45) is 0 Å². The predicted molar refractivity (Wildman–Crippen MR) is 83.1 cm³/mol. The molecule has 0 aliphatic carbocycles. The lowest BCUT2D eigenvalue weighted by Gasteiger charge is -2.20. The van der Waals surface area contributed by atoms with Gasteiger partial charge in [0.15, 0.2) is 0 Å².